The largest absolute Gasteiger partial charge is 0.366 e. The highest BCUT2D eigenvalue weighted by molar-refractivity contribution is 5.98. The van der Waals surface area contributed by atoms with Crippen LogP contribution in [0.5, 0.6) is 0 Å². The number of nitrogens with two attached hydrogens (primary N) is 1. The molecule has 0 aromatic heterocycles. The highest BCUT2D eigenvalue weighted by Crippen LogP contribution is 2.38. The van der Waals surface area contributed by atoms with Crippen LogP contribution in [0.1, 0.15) is 36.0 Å². The van der Waals surface area contributed by atoms with E-state index in [0.717, 1.165) is 31.4 Å². The van der Waals surface area contributed by atoms with Gasteiger partial charge in [0.05, 0.1) is 0 Å². The fourth-order valence-electron chi connectivity index (χ4n) is 3.08. The van der Waals surface area contributed by atoms with E-state index in [1.807, 2.05) is 17.0 Å². The van der Waals surface area contributed by atoms with Crippen LogP contribution in [0.15, 0.2) is 24.3 Å². The normalized spacial score (nSPS) is 26.4. The van der Waals surface area contributed by atoms with Crippen LogP contribution in [-0.4, -0.2) is 17.9 Å². The van der Waals surface area contributed by atoms with Gasteiger partial charge < -0.3 is 10.6 Å². The average molecular weight is 244 g/mol. The molecule has 0 atom stereocenters. The molecule has 0 unspecified atom stereocenters. The summed E-state index contributed by atoms with van der Waals surface area (Å²) in [6, 6.07) is 7.35. The molecule has 2 N–H and O–H groups in total. The number of carbonyl (C=O) groups excluding carboxylic acids is 2. The molecule has 0 spiro atoms. The minimum Gasteiger partial charge on any atom is -0.366 e. The van der Waals surface area contributed by atoms with Gasteiger partial charge in [0, 0.05) is 23.2 Å². The summed E-state index contributed by atoms with van der Waals surface area (Å²) in [5, 5.41) is 0. The molecule has 94 valence electrons. The van der Waals surface area contributed by atoms with Crippen molar-refractivity contribution in [2.24, 2.45) is 11.7 Å². The molecule has 2 saturated heterocycles. The van der Waals surface area contributed by atoms with E-state index in [0.29, 0.717) is 11.6 Å². The first kappa shape index (κ1) is 11.3. The van der Waals surface area contributed by atoms with Crippen molar-refractivity contribution in [1.29, 1.82) is 0 Å². The molecule has 1 aromatic rings. The second-order valence-electron chi connectivity index (χ2n) is 5.12. The lowest BCUT2D eigenvalue weighted by molar-refractivity contribution is -0.126. The number of benzene rings is 1. The summed E-state index contributed by atoms with van der Waals surface area (Å²) >= 11 is 0. The van der Waals surface area contributed by atoms with Gasteiger partial charge in [-0.25, -0.2) is 0 Å². The number of primary amides is 1. The van der Waals surface area contributed by atoms with Gasteiger partial charge in [-0.1, -0.05) is 0 Å². The summed E-state index contributed by atoms with van der Waals surface area (Å²) in [6.07, 6.45) is 4.24. The number of hydrogen-bond acceptors (Lipinski definition) is 2. The molecule has 18 heavy (non-hydrogen) atoms. The van der Waals surface area contributed by atoms with Gasteiger partial charge in [0.25, 0.3) is 0 Å². The fraction of sp³-hybridized carbons (Fsp3) is 0.429. The van der Waals surface area contributed by atoms with E-state index in [1.165, 1.54) is 0 Å². The van der Waals surface area contributed by atoms with Crippen molar-refractivity contribution in [3.05, 3.63) is 29.8 Å². The maximum atomic E-state index is 12.2. The van der Waals surface area contributed by atoms with E-state index in [1.54, 1.807) is 12.1 Å². The number of rotatable bonds is 2. The SMILES string of the molecule is NC(=O)c1ccc(N2C(=O)C3CCC2CC3)cc1. The summed E-state index contributed by atoms with van der Waals surface area (Å²) in [5.74, 6) is 0.00295. The van der Waals surface area contributed by atoms with Crippen molar-refractivity contribution in [2.45, 2.75) is 31.7 Å². The predicted molar refractivity (Wildman–Crippen MR) is 68.2 cm³/mol. The highest BCUT2D eigenvalue weighted by atomic mass is 16.2. The molecular formula is C14H16N2O2. The maximum Gasteiger partial charge on any atom is 0.248 e. The van der Waals surface area contributed by atoms with Gasteiger partial charge in [0.1, 0.15) is 0 Å². The van der Waals surface area contributed by atoms with Crippen LogP contribution in [0.4, 0.5) is 5.69 Å². The lowest BCUT2D eigenvalue weighted by Crippen LogP contribution is -2.52. The topological polar surface area (TPSA) is 63.4 Å². The third kappa shape index (κ3) is 1.68. The van der Waals surface area contributed by atoms with Gasteiger partial charge in [0.15, 0.2) is 0 Å². The van der Waals surface area contributed by atoms with Crippen molar-refractivity contribution in [1.82, 2.24) is 0 Å². The Hall–Kier alpha value is -1.84. The molecule has 2 amide bonds. The zero-order chi connectivity index (χ0) is 12.7. The average Bonchev–Trinajstić information content (AvgIpc) is 2.40. The number of fused-ring (bicyclic) bond motifs is 3. The van der Waals surface area contributed by atoms with Crippen molar-refractivity contribution in [3.8, 4) is 0 Å². The maximum absolute atomic E-state index is 12.2. The molecular weight excluding hydrogens is 228 g/mol. The lowest BCUT2D eigenvalue weighted by Gasteiger charge is -2.44. The Morgan fingerprint density at radius 3 is 2.22 bits per heavy atom. The molecule has 2 bridgehead atoms. The molecule has 3 fully saturated rings. The second-order valence-corrected chi connectivity index (χ2v) is 5.12. The predicted octanol–water partition coefficient (Wildman–Crippen LogP) is 1.69. The molecule has 4 rings (SSSR count). The van der Waals surface area contributed by atoms with Crippen LogP contribution >= 0.6 is 0 Å². The number of nitrogens with zero attached hydrogens (tertiary/aromatic N) is 1. The van der Waals surface area contributed by atoms with Gasteiger partial charge in [-0.15, -0.1) is 0 Å². The van der Waals surface area contributed by atoms with Crippen molar-refractivity contribution < 1.29 is 9.59 Å². The van der Waals surface area contributed by atoms with Gasteiger partial charge in [-0.2, -0.15) is 0 Å². The van der Waals surface area contributed by atoms with Crippen LogP contribution in [-0.2, 0) is 4.79 Å². The van der Waals surface area contributed by atoms with Crippen LogP contribution in [0, 0.1) is 5.92 Å². The Labute approximate surface area is 106 Å². The van der Waals surface area contributed by atoms with Crippen molar-refractivity contribution in [2.75, 3.05) is 4.90 Å². The number of carbonyl (C=O) groups is 2. The molecule has 3 aliphatic rings. The molecule has 1 saturated carbocycles. The second kappa shape index (κ2) is 4.12. The molecule has 4 nitrogen and oxygen atoms in total. The lowest BCUT2D eigenvalue weighted by atomic mass is 9.79. The Morgan fingerprint density at radius 1 is 1.11 bits per heavy atom. The third-order valence-corrected chi connectivity index (χ3v) is 4.08. The summed E-state index contributed by atoms with van der Waals surface area (Å²) in [6.45, 7) is 0. The zero-order valence-corrected chi connectivity index (χ0v) is 10.1. The first-order chi connectivity index (χ1) is 8.66. The van der Waals surface area contributed by atoms with Gasteiger partial charge in [-0.3, -0.25) is 9.59 Å². The van der Waals surface area contributed by atoms with Crippen LogP contribution in [0.3, 0.4) is 0 Å². The summed E-state index contributed by atoms with van der Waals surface area (Å²) in [7, 11) is 0. The molecule has 2 heterocycles. The van der Waals surface area contributed by atoms with Gasteiger partial charge >= 0.3 is 0 Å². The highest BCUT2D eigenvalue weighted by Gasteiger charge is 2.40. The Kier molecular flexibility index (Phi) is 2.58. The van der Waals surface area contributed by atoms with Gasteiger partial charge in [0.2, 0.25) is 11.8 Å². The number of piperidine rings is 2. The van der Waals surface area contributed by atoms with Crippen molar-refractivity contribution in [3.63, 3.8) is 0 Å². The quantitative estimate of drug-likeness (QED) is 0.860. The minimum atomic E-state index is -0.437. The molecule has 2 aliphatic heterocycles. The summed E-state index contributed by atoms with van der Waals surface area (Å²) < 4.78 is 0. The van der Waals surface area contributed by atoms with Crippen LogP contribution < -0.4 is 10.6 Å². The Bertz CT molecular complexity index is 487. The summed E-state index contributed by atoms with van der Waals surface area (Å²) in [5.41, 5.74) is 6.58. The van der Waals surface area contributed by atoms with E-state index in [2.05, 4.69) is 0 Å². The molecule has 0 radical (unpaired) electrons. The number of hydrogen-bond donors (Lipinski definition) is 1. The van der Waals surface area contributed by atoms with Gasteiger partial charge in [-0.05, 0) is 49.9 Å². The van der Waals surface area contributed by atoms with E-state index < -0.39 is 5.91 Å². The molecule has 1 aromatic carbocycles. The molecule has 1 aliphatic carbocycles. The third-order valence-electron chi connectivity index (χ3n) is 4.08. The Morgan fingerprint density at radius 2 is 1.72 bits per heavy atom. The molecule has 4 heteroatoms. The number of anilines is 1. The Balaban J connectivity index is 1.90. The van der Waals surface area contributed by atoms with Crippen LogP contribution in [0.2, 0.25) is 0 Å². The van der Waals surface area contributed by atoms with Crippen molar-refractivity contribution >= 4 is 17.5 Å². The minimum absolute atomic E-state index is 0.200. The zero-order valence-electron chi connectivity index (χ0n) is 10.1. The van der Waals surface area contributed by atoms with E-state index in [4.69, 9.17) is 5.73 Å². The summed E-state index contributed by atoms with van der Waals surface area (Å²) in [4.78, 5) is 25.2. The first-order valence-electron chi connectivity index (χ1n) is 6.40. The monoisotopic (exact) mass is 244 g/mol. The number of amides is 2. The van der Waals surface area contributed by atoms with E-state index >= 15 is 0 Å². The smallest absolute Gasteiger partial charge is 0.248 e. The van der Waals surface area contributed by atoms with Crippen LogP contribution in [0.25, 0.3) is 0 Å². The first-order valence-corrected chi connectivity index (χ1v) is 6.40. The van der Waals surface area contributed by atoms with E-state index in [9.17, 15) is 9.59 Å². The standard InChI is InChI=1S/C14H16N2O2/c15-13(17)9-1-5-11(6-2-9)16-12-7-3-10(4-8-12)14(16)18/h1-2,5-6,10,12H,3-4,7-8H2,(H2,15,17). The van der Waals surface area contributed by atoms with E-state index in [-0.39, 0.29) is 11.8 Å². The fourth-order valence-corrected chi connectivity index (χ4v) is 3.08.